The van der Waals surface area contributed by atoms with Gasteiger partial charge in [-0.25, -0.2) is 4.79 Å². The van der Waals surface area contributed by atoms with Gasteiger partial charge in [0.2, 0.25) is 0 Å². The number of nitrogens with zero attached hydrogens (tertiary/aromatic N) is 1. The van der Waals surface area contributed by atoms with E-state index < -0.39 is 6.29 Å². The van der Waals surface area contributed by atoms with E-state index in [1.807, 2.05) is 37.3 Å². The summed E-state index contributed by atoms with van der Waals surface area (Å²) in [6, 6.07) is 25.1. The summed E-state index contributed by atoms with van der Waals surface area (Å²) >= 11 is 0. The average molecular weight is 598 g/mol. The first kappa shape index (κ1) is 31.9. The molecule has 1 aliphatic carbocycles. The Hall–Kier alpha value is -3.49. The fourth-order valence-electron chi connectivity index (χ4n) is 6.47. The van der Waals surface area contributed by atoms with Crippen LogP contribution in [0.4, 0.5) is 4.79 Å². The lowest BCUT2D eigenvalue weighted by Gasteiger charge is -2.43. The number of urea groups is 1. The molecule has 234 valence electrons. The van der Waals surface area contributed by atoms with Crippen molar-refractivity contribution in [2.75, 3.05) is 19.6 Å². The number of nitrogens with one attached hydrogen (secondary N) is 2. The largest absolute Gasteiger partial charge is 0.392 e. The molecule has 0 radical (unpaired) electrons. The molecular weight excluding hydrogens is 550 g/mol. The van der Waals surface area contributed by atoms with Crippen molar-refractivity contribution in [3.8, 4) is 11.1 Å². The summed E-state index contributed by atoms with van der Waals surface area (Å²) in [5, 5.41) is 15.2. The molecule has 1 saturated carbocycles. The molecule has 0 spiro atoms. The lowest BCUT2D eigenvalue weighted by molar-refractivity contribution is -0.276. The topological polar surface area (TPSA) is 83.1 Å². The summed E-state index contributed by atoms with van der Waals surface area (Å²) in [6.45, 7) is 10.9. The van der Waals surface area contributed by atoms with Gasteiger partial charge in [-0.15, -0.1) is 6.58 Å². The Bertz CT molecular complexity index is 1350. The second-order valence-electron chi connectivity index (χ2n) is 12.0. The van der Waals surface area contributed by atoms with Gasteiger partial charge in [-0.05, 0) is 53.6 Å². The van der Waals surface area contributed by atoms with Crippen molar-refractivity contribution in [3.05, 3.63) is 108 Å². The third-order valence-electron chi connectivity index (χ3n) is 8.98. The number of rotatable bonds is 12. The van der Waals surface area contributed by atoms with Crippen LogP contribution in [0.3, 0.4) is 0 Å². The number of aliphatic hydroxyl groups excluding tert-OH is 1. The molecule has 1 heterocycles. The summed E-state index contributed by atoms with van der Waals surface area (Å²) in [5.74, 6) is 0.134. The zero-order valence-electron chi connectivity index (χ0n) is 26.1. The number of benzene rings is 3. The van der Waals surface area contributed by atoms with Gasteiger partial charge in [0.15, 0.2) is 6.29 Å². The first-order valence-electron chi connectivity index (χ1n) is 16.1. The number of carbonyl (C=O) groups excluding carboxylic acids is 1. The number of amides is 2. The number of hydrogen-bond donors (Lipinski definition) is 3. The van der Waals surface area contributed by atoms with Crippen LogP contribution < -0.4 is 10.6 Å². The molecule has 2 amide bonds. The Morgan fingerprint density at radius 2 is 1.68 bits per heavy atom. The maximum Gasteiger partial charge on any atom is 0.315 e. The minimum absolute atomic E-state index is 0.0214. The molecule has 4 atom stereocenters. The Morgan fingerprint density at radius 3 is 2.36 bits per heavy atom. The van der Waals surface area contributed by atoms with Gasteiger partial charge in [0.05, 0.1) is 18.8 Å². The molecule has 1 aliphatic heterocycles. The third-order valence-corrected chi connectivity index (χ3v) is 8.98. The number of carbonyl (C=O) groups is 1. The summed E-state index contributed by atoms with van der Waals surface area (Å²) in [6.07, 6.45) is 6.36. The van der Waals surface area contributed by atoms with E-state index in [0.717, 1.165) is 46.5 Å². The van der Waals surface area contributed by atoms with E-state index in [4.69, 9.17) is 9.47 Å². The SMILES string of the molecule is C=CCN(C[C@H]1O[C@@H](c2ccc(-c3cccc(CNC(=O)NCC)c3)cc2)O[C@@H](c2ccc(CO)cc2)[C@H]1C)C1CCCC1. The van der Waals surface area contributed by atoms with Crippen molar-refractivity contribution in [2.45, 2.75) is 77.2 Å². The molecule has 44 heavy (non-hydrogen) atoms. The van der Waals surface area contributed by atoms with Gasteiger partial charge in [-0.3, -0.25) is 4.90 Å². The van der Waals surface area contributed by atoms with E-state index in [1.54, 1.807) is 0 Å². The highest BCUT2D eigenvalue weighted by Gasteiger charge is 2.40. The Morgan fingerprint density at radius 1 is 0.955 bits per heavy atom. The van der Waals surface area contributed by atoms with Crippen molar-refractivity contribution >= 4 is 6.03 Å². The summed E-state index contributed by atoms with van der Waals surface area (Å²) < 4.78 is 13.5. The van der Waals surface area contributed by atoms with E-state index in [-0.39, 0.29) is 30.8 Å². The fraction of sp³-hybridized carbons (Fsp3) is 0.432. The van der Waals surface area contributed by atoms with Gasteiger partial charge in [0.25, 0.3) is 0 Å². The second kappa shape index (κ2) is 15.5. The van der Waals surface area contributed by atoms with E-state index in [9.17, 15) is 9.90 Å². The van der Waals surface area contributed by atoms with Crippen LogP contribution in [0, 0.1) is 5.92 Å². The molecule has 1 saturated heterocycles. The zero-order valence-corrected chi connectivity index (χ0v) is 26.1. The molecule has 2 fully saturated rings. The third kappa shape index (κ3) is 7.96. The van der Waals surface area contributed by atoms with Gasteiger partial charge in [0.1, 0.15) is 0 Å². The van der Waals surface area contributed by atoms with Gasteiger partial charge in [-0.1, -0.05) is 92.6 Å². The van der Waals surface area contributed by atoms with Crippen LogP contribution in [0.1, 0.15) is 74.2 Å². The van der Waals surface area contributed by atoms with Gasteiger partial charge >= 0.3 is 6.03 Å². The number of aliphatic hydroxyl groups is 1. The molecule has 7 heteroatoms. The molecule has 0 aromatic heterocycles. The van der Waals surface area contributed by atoms with Gasteiger partial charge < -0.3 is 25.2 Å². The summed E-state index contributed by atoms with van der Waals surface area (Å²) in [5.41, 5.74) is 6.17. The van der Waals surface area contributed by atoms with Crippen molar-refractivity contribution in [1.82, 2.24) is 15.5 Å². The number of hydrogen-bond acceptors (Lipinski definition) is 5. The maximum absolute atomic E-state index is 11.8. The summed E-state index contributed by atoms with van der Waals surface area (Å²) in [7, 11) is 0. The Balaban J connectivity index is 1.36. The predicted molar refractivity (Wildman–Crippen MR) is 175 cm³/mol. The van der Waals surface area contributed by atoms with E-state index >= 15 is 0 Å². The lowest BCUT2D eigenvalue weighted by atomic mass is 9.89. The minimum atomic E-state index is -0.505. The van der Waals surface area contributed by atoms with Crippen LogP contribution in [0.5, 0.6) is 0 Å². The molecule has 7 nitrogen and oxygen atoms in total. The maximum atomic E-state index is 11.8. The highest BCUT2D eigenvalue weighted by molar-refractivity contribution is 5.73. The highest BCUT2D eigenvalue weighted by atomic mass is 16.7. The standard InChI is InChI=1S/C37H47N3O4/c1-4-21-40(33-11-6-7-12-33)24-34-26(3)35(30-15-13-27(25-41)14-16-30)44-36(43-34)31-19-17-29(18-20-31)32-10-8-9-28(22-32)23-39-37(42)38-5-2/h4,8-10,13-20,22,26,33-36,41H,1,5-7,11-12,21,23-25H2,2-3H3,(H2,38,39,42)/t26-,34+,35+,36+/m0/s1. The van der Waals surface area contributed by atoms with E-state index in [1.165, 1.54) is 25.7 Å². The lowest BCUT2D eigenvalue weighted by Crippen LogP contribution is -2.47. The van der Waals surface area contributed by atoms with Crippen molar-refractivity contribution in [1.29, 1.82) is 0 Å². The average Bonchev–Trinajstić information content (AvgIpc) is 3.60. The molecule has 0 unspecified atom stereocenters. The van der Waals surface area contributed by atoms with Crippen LogP contribution in [-0.4, -0.2) is 47.8 Å². The second-order valence-corrected chi connectivity index (χ2v) is 12.0. The van der Waals surface area contributed by atoms with Crippen molar-refractivity contribution < 1.29 is 19.4 Å². The fourth-order valence-corrected chi connectivity index (χ4v) is 6.47. The monoisotopic (exact) mass is 597 g/mol. The molecule has 0 bridgehead atoms. The van der Waals surface area contributed by atoms with Crippen LogP contribution in [0.25, 0.3) is 11.1 Å². The Labute approximate surface area is 262 Å². The molecule has 5 rings (SSSR count). The van der Waals surface area contributed by atoms with Crippen LogP contribution in [0.2, 0.25) is 0 Å². The van der Waals surface area contributed by atoms with E-state index in [0.29, 0.717) is 19.1 Å². The smallest absolute Gasteiger partial charge is 0.315 e. The van der Waals surface area contributed by atoms with Gasteiger partial charge in [-0.2, -0.15) is 0 Å². The quantitative estimate of drug-likeness (QED) is 0.198. The van der Waals surface area contributed by atoms with Crippen LogP contribution in [-0.2, 0) is 22.6 Å². The minimum Gasteiger partial charge on any atom is -0.392 e. The molecule has 3 aromatic carbocycles. The normalized spacial score (nSPS) is 22.2. The van der Waals surface area contributed by atoms with Crippen molar-refractivity contribution in [2.24, 2.45) is 5.92 Å². The zero-order chi connectivity index (χ0) is 30.9. The first-order valence-corrected chi connectivity index (χ1v) is 16.1. The summed E-state index contributed by atoms with van der Waals surface area (Å²) in [4.78, 5) is 14.4. The van der Waals surface area contributed by atoms with Gasteiger partial charge in [0, 0.05) is 43.7 Å². The Kier molecular flexibility index (Phi) is 11.2. The van der Waals surface area contributed by atoms with Crippen LogP contribution in [0.15, 0.2) is 85.5 Å². The highest BCUT2D eigenvalue weighted by Crippen LogP contribution is 2.42. The van der Waals surface area contributed by atoms with Crippen LogP contribution >= 0.6 is 0 Å². The predicted octanol–water partition coefficient (Wildman–Crippen LogP) is 6.89. The first-order chi connectivity index (χ1) is 21.5. The molecule has 3 N–H and O–H groups in total. The number of ether oxygens (including phenoxy) is 2. The molecule has 2 aliphatic rings. The van der Waals surface area contributed by atoms with E-state index in [2.05, 4.69) is 77.6 Å². The molecule has 3 aromatic rings. The molecular formula is C37H47N3O4. The van der Waals surface area contributed by atoms with Crippen molar-refractivity contribution in [3.63, 3.8) is 0 Å².